The molecule has 1 fully saturated rings. The Morgan fingerprint density at radius 1 is 1.20 bits per heavy atom. The Morgan fingerprint density at radius 3 is 2.45 bits per heavy atom. The highest BCUT2D eigenvalue weighted by atomic mass is 19.3. The van der Waals surface area contributed by atoms with Gasteiger partial charge in [0.25, 0.3) is 5.92 Å². The lowest BCUT2D eigenvalue weighted by atomic mass is 9.96. The van der Waals surface area contributed by atoms with Crippen LogP contribution in [0, 0.1) is 5.92 Å². The molecule has 0 aliphatic carbocycles. The molecule has 112 valence electrons. The quantitative estimate of drug-likeness (QED) is 0.862. The van der Waals surface area contributed by atoms with Crippen molar-refractivity contribution in [3.05, 3.63) is 35.9 Å². The van der Waals surface area contributed by atoms with E-state index in [0.717, 1.165) is 32.5 Å². The first-order chi connectivity index (χ1) is 9.62. The van der Waals surface area contributed by atoms with Crippen molar-refractivity contribution in [2.75, 3.05) is 32.7 Å². The summed E-state index contributed by atoms with van der Waals surface area (Å²) in [6, 6.07) is 8.05. The van der Waals surface area contributed by atoms with Gasteiger partial charge in [-0.2, -0.15) is 8.78 Å². The molecule has 1 saturated heterocycles. The second-order valence-corrected chi connectivity index (χ2v) is 5.58. The number of hydrogen-bond acceptors (Lipinski definition) is 2. The molecule has 0 spiro atoms. The van der Waals surface area contributed by atoms with E-state index in [9.17, 15) is 8.78 Å². The molecule has 0 saturated carbocycles. The van der Waals surface area contributed by atoms with E-state index in [2.05, 4.69) is 17.1 Å². The van der Waals surface area contributed by atoms with Crippen LogP contribution in [0.25, 0.3) is 0 Å². The third-order valence-corrected chi connectivity index (χ3v) is 4.13. The molecular formula is C16H24F2N2. The highest BCUT2D eigenvalue weighted by molar-refractivity contribution is 5.20. The molecule has 2 rings (SSSR count). The Balaban J connectivity index is 1.73. The Labute approximate surface area is 120 Å². The van der Waals surface area contributed by atoms with E-state index in [1.807, 2.05) is 0 Å². The van der Waals surface area contributed by atoms with Crippen LogP contribution in [0.4, 0.5) is 8.78 Å². The zero-order valence-electron chi connectivity index (χ0n) is 12.1. The van der Waals surface area contributed by atoms with Crippen molar-refractivity contribution in [1.82, 2.24) is 10.2 Å². The minimum atomic E-state index is -2.79. The van der Waals surface area contributed by atoms with Crippen LogP contribution in [-0.2, 0) is 5.92 Å². The smallest absolute Gasteiger partial charge is 0.285 e. The predicted octanol–water partition coefficient (Wildman–Crippen LogP) is 3.10. The molecule has 0 radical (unpaired) electrons. The van der Waals surface area contributed by atoms with Gasteiger partial charge in [-0.3, -0.25) is 0 Å². The van der Waals surface area contributed by atoms with Crippen molar-refractivity contribution in [3.8, 4) is 0 Å². The molecule has 0 atom stereocenters. The van der Waals surface area contributed by atoms with Gasteiger partial charge in [0.05, 0.1) is 6.54 Å². The van der Waals surface area contributed by atoms with Gasteiger partial charge < -0.3 is 10.2 Å². The lowest BCUT2D eigenvalue weighted by Gasteiger charge is -2.31. The maximum atomic E-state index is 14.0. The van der Waals surface area contributed by atoms with Crippen LogP contribution in [0.5, 0.6) is 0 Å². The molecule has 1 aromatic rings. The molecule has 1 aliphatic heterocycles. The number of alkyl halides is 2. The highest BCUT2D eigenvalue weighted by Crippen LogP contribution is 2.26. The van der Waals surface area contributed by atoms with Crippen molar-refractivity contribution in [3.63, 3.8) is 0 Å². The van der Waals surface area contributed by atoms with Crippen molar-refractivity contribution in [2.45, 2.75) is 25.7 Å². The summed E-state index contributed by atoms with van der Waals surface area (Å²) in [4.78, 5) is 2.41. The second-order valence-electron chi connectivity index (χ2n) is 5.58. The maximum Gasteiger partial charge on any atom is 0.285 e. The molecule has 4 heteroatoms. The number of nitrogens with zero attached hydrogens (tertiary/aromatic N) is 1. The van der Waals surface area contributed by atoms with Crippen LogP contribution in [0.15, 0.2) is 30.3 Å². The van der Waals surface area contributed by atoms with Crippen LogP contribution >= 0.6 is 0 Å². The summed E-state index contributed by atoms with van der Waals surface area (Å²) in [5, 5.41) is 2.96. The number of piperidine rings is 1. The second kappa shape index (κ2) is 7.14. The van der Waals surface area contributed by atoms with Gasteiger partial charge in [0.15, 0.2) is 0 Å². The summed E-state index contributed by atoms with van der Waals surface area (Å²) in [6.07, 6.45) is 2.22. The Kier molecular flexibility index (Phi) is 5.49. The van der Waals surface area contributed by atoms with Crippen LogP contribution in [0.2, 0.25) is 0 Å². The number of hydrogen-bond donors (Lipinski definition) is 1. The van der Waals surface area contributed by atoms with Crippen LogP contribution in [0.3, 0.4) is 0 Å². The minimum absolute atomic E-state index is 0.0910. The molecule has 0 aromatic heterocycles. The van der Waals surface area contributed by atoms with Gasteiger partial charge in [-0.1, -0.05) is 37.3 Å². The topological polar surface area (TPSA) is 15.3 Å². The van der Waals surface area contributed by atoms with Gasteiger partial charge in [-0.15, -0.1) is 0 Å². The van der Waals surface area contributed by atoms with Crippen molar-refractivity contribution in [2.24, 2.45) is 5.92 Å². The zero-order valence-corrected chi connectivity index (χ0v) is 12.1. The number of benzene rings is 1. The molecule has 1 aliphatic rings. The first-order valence-corrected chi connectivity index (χ1v) is 7.48. The molecule has 0 amide bonds. The number of nitrogens with one attached hydrogen (secondary N) is 1. The molecule has 1 heterocycles. The van der Waals surface area contributed by atoms with Crippen LogP contribution in [-0.4, -0.2) is 37.6 Å². The van der Waals surface area contributed by atoms with Crippen molar-refractivity contribution < 1.29 is 8.78 Å². The molecule has 0 unspecified atom stereocenters. The van der Waals surface area contributed by atoms with E-state index >= 15 is 0 Å². The van der Waals surface area contributed by atoms with Crippen molar-refractivity contribution in [1.29, 1.82) is 0 Å². The number of likely N-dealkylation sites (tertiary alicyclic amines) is 1. The Bertz CT molecular complexity index is 387. The third-order valence-electron chi connectivity index (χ3n) is 4.13. The van der Waals surface area contributed by atoms with E-state index in [0.29, 0.717) is 12.5 Å². The van der Waals surface area contributed by atoms with Gasteiger partial charge in [0.1, 0.15) is 0 Å². The van der Waals surface area contributed by atoms with E-state index in [1.165, 1.54) is 12.1 Å². The van der Waals surface area contributed by atoms with Gasteiger partial charge in [-0.05, 0) is 44.9 Å². The highest BCUT2D eigenvalue weighted by Gasteiger charge is 2.31. The lowest BCUT2D eigenvalue weighted by molar-refractivity contribution is -0.00441. The number of halogens is 2. The SMILES string of the molecule is CCN1CCC(CNCC(F)(F)c2ccccc2)CC1. The fourth-order valence-electron chi connectivity index (χ4n) is 2.72. The Morgan fingerprint density at radius 2 is 1.85 bits per heavy atom. The normalized spacial score (nSPS) is 18.4. The van der Waals surface area contributed by atoms with E-state index in [4.69, 9.17) is 0 Å². The molecule has 20 heavy (non-hydrogen) atoms. The average Bonchev–Trinajstić information content (AvgIpc) is 2.49. The fraction of sp³-hybridized carbons (Fsp3) is 0.625. The fourth-order valence-corrected chi connectivity index (χ4v) is 2.72. The van der Waals surface area contributed by atoms with E-state index < -0.39 is 5.92 Å². The third kappa shape index (κ3) is 4.25. The predicted molar refractivity (Wildman–Crippen MR) is 78.0 cm³/mol. The van der Waals surface area contributed by atoms with Crippen LogP contribution in [0.1, 0.15) is 25.3 Å². The summed E-state index contributed by atoms with van der Waals surface area (Å²) in [5.74, 6) is -2.25. The van der Waals surface area contributed by atoms with E-state index in [1.54, 1.807) is 18.2 Å². The molecular weight excluding hydrogens is 258 g/mol. The first kappa shape index (κ1) is 15.4. The molecule has 1 N–H and O–H groups in total. The summed E-state index contributed by atoms with van der Waals surface area (Å²) < 4.78 is 27.9. The minimum Gasteiger partial charge on any atom is -0.311 e. The molecule has 0 bridgehead atoms. The summed E-state index contributed by atoms with van der Waals surface area (Å²) >= 11 is 0. The standard InChI is InChI=1S/C16H24F2N2/c1-2-20-10-8-14(9-11-20)12-19-13-16(17,18)15-6-4-3-5-7-15/h3-7,14,19H,2,8-13H2,1H3. The van der Waals surface area contributed by atoms with Crippen LogP contribution < -0.4 is 5.32 Å². The zero-order chi connectivity index (χ0) is 14.4. The lowest BCUT2D eigenvalue weighted by Crippen LogP contribution is -2.39. The van der Waals surface area contributed by atoms with Gasteiger partial charge >= 0.3 is 0 Å². The van der Waals surface area contributed by atoms with Gasteiger partial charge in [0, 0.05) is 5.56 Å². The van der Waals surface area contributed by atoms with Gasteiger partial charge in [-0.25, -0.2) is 0 Å². The monoisotopic (exact) mass is 282 g/mol. The molecule has 1 aromatic carbocycles. The summed E-state index contributed by atoms with van der Waals surface area (Å²) in [6.45, 7) is 5.87. The largest absolute Gasteiger partial charge is 0.311 e. The maximum absolute atomic E-state index is 14.0. The summed E-state index contributed by atoms with van der Waals surface area (Å²) in [5.41, 5.74) is 0.0910. The molecule has 2 nitrogen and oxygen atoms in total. The van der Waals surface area contributed by atoms with Crippen molar-refractivity contribution >= 4 is 0 Å². The summed E-state index contributed by atoms with van der Waals surface area (Å²) in [7, 11) is 0. The Hall–Kier alpha value is -1.00. The van der Waals surface area contributed by atoms with E-state index in [-0.39, 0.29) is 12.1 Å². The number of rotatable bonds is 6. The van der Waals surface area contributed by atoms with Gasteiger partial charge in [0.2, 0.25) is 0 Å². The average molecular weight is 282 g/mol. The first-order valence-electron chi connectivity index (χ1n) is 7.48.